The summed E-state index contributed by atoms with van der Waals surface area (Å²) in [5.41, 5.74) is 0. The minimum atomic E-state index is -0.863. The van der Waals surface area contributed by atoms with Gasteiger partial charge in [-0.3, -0.25) is 4.79 Å². The fourth-order valence-electron chi connectivity index (χ4n) is 2.58. The van der Waals surface area contributed by atoms with Crippen molar-refractivity contribution in [2.45, 2.75) is 44.7 Å². The lowest BCUT2D eigenvalue weighted by Gasteiger charge is -2.35. The average molecular weight is 331 g/mol. The van der Waals surface area contributed by atoms with E-state index in [1.165, 1.54) is 11.3 Å². The Morgan fingerprint density at radius 1 is 1.52 bits per heavy atom. The van der Waals surface area contributed by atoms with E-state index in [2.05, 4.69) is 5.32 Å². The molecule has 0 saturated carbocycles. The summed E-state index contributed by atoms with van der Waals surface area (Å²) in [6.45, 7) is 2.51. The largest absolute Gasteiger partial charge is 0.481 e. The molecule has 116 valence electrons. The number of hydrogen-bond acceptors (Lipinski definition) is 3. The number of nitrogens with zero attached hydrogens (tertiary/aromatic N) is 1. The van der Waals surface area contributed by atoms with Crippen LogP contribution in [0.3, 0.4) is 0 Å². The maximum Gasteiger partial charge on any atom is 0.318 e. The molecule has 7 heteroatoms. The molecule has 5 nitrogen and oxygen atoms in total. The first-order chi connectivity index (χ1) is 9.97. The predicted molar refractivity (Wildman–Crippen MR) is 82.9 cm³/mol. The highest BCUT2D eigenvalue weighted by atomic mass is 35.5. The molecule has 1 saturated heterocycles. The summed E-state index contributed by atoms with van der Waals surface area (Å²) in [5, 5.41) is 11.9. The zero-order chi connectivity index (χ0) is 15.4. The van der Waals surface area contributed by atoms with E-state index >= 15 is 0 Å². The Balaban J connectivity index is 1.98. The van der Waals surface area contributed by atoms with Gasteiger partial charge in [-0.15, -0.1) is 11.3 Å². The quantitative estimate of drug-likeness (QED) is 0.887. The van der Waals surface area contributed by atoms with Crippen molar-refractivity contribution in [3.05, 3.63) is 21.3 Å². The zero-order valence-corrected chi connectivity index (χ0v) is 13.4. The molecule has 0 aliphatic carbocycles. The summed E-state index contributed by atoms with van der Waals surface area (Å²) < 4.78 is 0.688. The van der Waals surface area contributed by atoms with Crippen molar-refractivity contribution in [2.24, 2.45) is 0 Å². The molecule has 0 radical (unpaired) electrons. The summed E-state index contributed by atoms with van der Waals surface area (Å²) in [7, 11) is 0. The van der Waals surface area contributed by atoms with Gasteiger partial charge < -0.3 is 15.3 Å². The van der Waals surface area contributed by atoms with Crippen LogP contribution in [0.15, 0.2) is 12.1 Å². The SMILES string of the molecule is CC(NC(=O)N1CCCCC1CC(=O)O)c1ccc(Cl)s1. The fourth-order valence-corrected chi connectivity index (χ4v) is 3.65. The molecule has 1 aliphatic heterocycles. The van der Waals surface area contributed by atoms with Gasteiger partial charge in [-0.1, -0.05) is 11.6 Å². The molecule has 2 rings (SSSR count). The Bertz CT molecular complexity index is 520. The average Bonchev–Trinajstić information content (AvgIpc) is 2.85. The van der Waals surface area contributed by atoms with E-state index in [4.69, 9.17) is 16.7 Å². The minimum Gasteiger partial charge on any atom is -0.481 e. The second-order valence-corrected chi connectivity index (χ2v) is 7.00. The molecule has 2 amide bonds. The van der Waals surface area contributed by atoms with Crippen LogP contribution in [0.25, 0.3) is 0 Å². The number of likely N-dealkylation sites (tertiary alicyclic amines) is 1. The molecule has 2 unspecified atom stereocenters. The topological polar surface area (TPSA) is 69.6 Å². The molecule has 1 aromatic rings. The smallest absolute Gasteiger partial charge is 0.318 e. The van der Waals surface area contributed by atoms with Gasteiger partial charge >= 0.3 is 12.0 Å². The Labute approximate surface area is 132 Å². The molecule has 1 aromatic heterocycles. The third-order valence-corrected chi connectivity index (χ3v) is 5.07. The number of carboxylic acid groups (broad SMARTS) is 1. The van der Waals surface area contributed by atoms with E-state index in [0.717, 1.165) is 24.1 Å². The van der Waals surface area contributed by atoms with Crippen molar-refractivity contribution in [3.8, 4) is 0 Å². The van der Waals surface area contributed by atoms with Crippen molar-refractivity contribution in [1.82, 2.24) is 10.2 Å². The molecular weight excluding hydrogens is 312 g/mol. The highest BCUT2D eigenvalue weighted by Gasteiger charge is 2.29. The lowest BCUT2D eigenvalue weighted by molar-refractivity contribution is -0.138. The molecule has 21 heavy (non-hydrogen) atoms. The molecule has 2 heterocycles. The predicted octanol–water partition coefficient (Wildman–Crippen LogP) is 3.50. The van der Waals surface area contributed by atoms with Crippen molar-refractivity contribution in [2.75, 3.05) is 6.54 Å². The van der Waals surface area contributed by atoms with Crippen LogP contribution in [-0.2, 0) is 4.79 Å². The number of hydrogen-bond donors (Lipinski definition) is 2. The molecule has 2 N–H and O–H groups in total. The second kappa shape index (κ2) is 7.13. The van der Waals surface area contributed by atoms with Crippen LogP contribution < -0.4 is 5.32 Å². The fraction of sp³-hybridized carbons (Fsp3) is 0.571. The van der Waals surface area contributed by atoms with Gasteiger partial charge in [-0.25, -0.2) is 4.79 Å². The van der Waals surface area contributed by atoms with E-state index in [-0.39, 0.29) is 24.5 Å². The minimum absolute atomic E-state index is 0.00658. The van der Waals surface area contributed by atoms with E-state index in [1.807, 2.05) is 13.0 Å². The summed E-state index contributed by atoms with van der Waals surface area (Å²) in [6.07, 6.45) is 2.64. The maximum absolute atomic E-state index is 12.4. The van der Waals surface area contributed by atoms with Crippen LogP contribution in [0.4, 0.5) is 4.79 Å². The first kappa shape index (κ1) is 16.1. The Morgan fingerprint density at radius 2 is 2.29 bits per heavy atom. The number of nitrogens with one attached hydrogen (secondary N) is 1. The van der Waals surface area contributed by atoms with E-state index in [1.54, 1.807) is 11.0 Å². The van der Waals surface area contributed by atoms with Gasteiger partial charge in [-0.2, -0.15) is 0 Å². The zero-order valence-electron chi connectivity index (χ0n) is 11.8. The second-order valence-electron chi connectivity index (χ2n) is 5.25. The van der Waals surface area contributed by atoms with E-state index < -0.39 is 5.97 Å². The number of carboxylic acids is 1. The molecule has 1 aliphatic rings. The molecule has 0 bridgehead atoms. The third kappa shape index (κ3) is 4.35. The third-order valence-electron chi connectivity index (χ3n) is 3.66. The monoisotopic (exact) mass is 330 g/mol. The summed E-state index contributed by atoms with van der Waals surface area (Å²) >= 11 is 7.33. The van der Waals surface area contributed by atoms with Crippen LogP contribution >= 0.6 is 22.9 Å². The van der Waals surface area contributed by atoms with Gasteiger partial charge in [0.05, 0.1) is 16.8 Å². The van der Waals surface area contributed by atoms with Gasteiger partial charge in [0.2, 0.25) is 0 Å². The number of rotatable bonds is 4. The maximum atomic E-state index is 12.4. The standard InChI is InChI=1S/C14H19ClN2O3S/c1-9(11-5-6-12(15)21-11)16-14(20)17-7-3-2-4-10(17)8-13(18)19/h5-6,9-10H,2-4,7-8H2,1H3,(H,16,20)(H,18,19). The lowest BCUT2D eigenvalue weighted by Crippen LogP contribution is -2.49. The Morgan fingerprint density at radius 3 is 2.90 bits per heavy atom. The van der Waals surface area contributed by atoms with Crippen LogP contribution in [0.1, 0.15) is 43.5 Å². The Kier molecular flexibility index (Phi) is 5.47. The van der Waals surface area contributed by atoms with Crippen molar-refractivity contribution < 1.29 is 14.7 Å². The normalized spacial score (nSPS) is 20.1. The number of thiophene rings is 1. The lowest BCUT2D eigenvalue weighted by atomic mass is 10.00. The van der Waals surface area contributed by atoms with E-state index in [0.29, 0.717) is 10.9 Å². The van der Waals surface area contributed by atoms with Crippen molar-refractivity contribution in [1.29, 1.82) is 0 Å². The number of amides is 2. The summed E-state index contributed by atoms with van der Waals surface area (Å²) in [6, 6.07) is 3.15. The van der Waals surface area contributed by atoms with Crippen LogP contribution in [0, 0.1) is 0 Å². The molecule has 0 spiro atoms. The number of urea groups is 1. The number of carbonyl (C=O) groups is 2. The number of carbonyl (C=O) groups excluding carboxylic acids is 1. The highest BCUT2D eigenvalue weighted by Crippen LogP contribution is 2.27. The highest BCUT2D eigenvalue weighted by molar-refractivity contribution is 7.16. The number of halogens is 1. The first-order valence-electron chi connectivity index (χ1n) is 7.01. The van der Waals surface area contributed by atoms with Crippen LogP contribution in [0.5, 0.6) is 0 Å². The van der Waals surface area contributed by atoms with Crippen LogP contribution in [-0.4, -0.2) is 34.6 Å². The van der Waals surface area contributed by atoms with E-state index in [9.17, 15) is 9.59 Å². The summed E-state index contributed by atoms with van der Waals surface area (Å²) in [5.74, 6) is -0.863. The molecule has 2 atom stereocenters. The Hall–Kier alpha value is -1.27. The van der Waals surface area contributed by atoms with Gasteiger partial charge in [0, 0.05) is 17.5 Å². The van der Waals surface area contributed by atoms with Gasteiger partial charge in [-0.05, 0) is 38.3 Å². The summed E-state index contributed by atoms with van der Waals surface area (Å²) in [4.78, 5) is 25.9. The van der Waals surface area contributed by atoms with Gasteiger partial charge in [0.25, 0.3) is 0 Å². The molecule has 1 fully saturated rings. The number of piperidine rings is 1. The van der Waals surface area contributed by atoms with Gasteiger partial charge in [0.15, 0.2) is 0 Å². The van der Waals surface area contributed by atoms with Crippen molar-refractivity contribution >= 4 is 34.9 Å². The molecule has 0 aromatic carbocycles. The number of aliphatic carboxylic acids is 1. The van der Waals surface area contributed by atoms with Crippen molar-refractivity contribution in [3.63, 3.8) is 0 Å². The van der Waals surface area contributed by atoms with Gasteiger partial charge in [0.1, 0.15) is 0 Å². The first-order valence-corrected chi connectivity index (χ1v) is 8.21. The molecular formula is C14H19ClN2O3S. The van der Waals surface area contributed by atoms with Crippen LogP contribution in [0.2, 0.25) is 4.34 Å².